The SMILES string of the molecule is CC(=O)NCCOc1ccc(CC(NC(C)(C)C)C(=O)C(C)(C)C)cc1. The average molecular weight is 363 g/mol. The second-order valence-electron chi connectivity index (χ2n) is 8.74. The summed E-state index contributed by atoms with van der Waals surface area (Å²) in [6.07, 6.45) is 0.638. The van der Waals surface area contributed by atoms with E-state index in [1.165, 1.54) is 6.92 Å². The number of benzene rings is 1. The minimum atomic E-state index is -0.393. The number of nitrogens with one attached hydrogen (secondary N) is 2. The lowest BCUT2D eigenvalue weighted by atomic mass is 9.83. The molecule has 0 saturated carbocycles. The highest BCUT2D eigenvalue weighted by Gasteiger charge is 2.31. The molecule has 1 rings (SSSR count). The minimum absolute atomic E-state index is 0.0650. The van der Waals surface area contributed by atoms with Gasteiger partial charge in [-0.25, -0.2) is 0 Å². The van der Waals surface area contributed by atoms with Crippen LogP contribution in [0.1, 0.15) is 54.0 Å². The van der Waals surface area contributed by atoms with Crippen LogP contribution in [0.15, 0.2) is 24.3 Å². The van der Waals surface area contributed by atoms with Crippen LogP contribution in [0.5, 0.6) is 5.75 Å². The first-order chi connectivity index (χ1) is 11.9. The number of hydrogen-bond donors (Lipinski definition) is 2. The summed E-state index contributed by atoms with van der Waals surface area (Å²) < 4.78 is 5.60. The highest BCUT2D eigenvalue weighted by molar-refractivity contribution is 5.89. The highest BCUT2D eigenvalue weighted by atomic mass is 16.5. The van der Waals surface area contributed by atoms with Gasteiger partial charge in [0.15, 0.2) is 5.78 Å². The molecule has 146 valence electrons. The average Bonchev–Trinajstić information content (AvgIpc) is 2.49. The third-order valence-corrected chi connectivity index (χ3v) is 3.77. The first-order valence-corrected chi connectivity index (χ1v) is 9.17. The van der Waals surface area contributed by atoms with Gasteiger partial charge in [0, 0.05) is 17.9 Å². The van der Waals surface area contributed by atoms with Crippen LogP contribution in [0.4, 0.5) is 0 Å². The van der Waals surface area contributed by atoms with Gasteiger partial charge in [-0.2, -0.15) is 0 Å². The third-order valence-electron chi connectivity index (χ3n) is 3.77. The molecule has 0 spiro atoms. The van der Waals surface area contributed by atoms with Crippen LogP contribution in [0.2, 0.25) is 0 Å². The molecule has 0 saturated heterocycles. The van der Waals surface area contributed by atoms with Crippen LogP contribution in [-0.4, -0.2) is 36.4 Å². The molecular formula is C21H34N2O3. The van der Waals surface area contributed by atoms with Gasteiger partial charge >= 0.3 is 0 Å². The summed E-state index contributed by atoms with van der Waals surface area (Å²) in [5.74, 6) is 0.898. The number of ether oxygens (including phenoxy) is 1. The van der Waals surface area contributed by atoms with E-state index in [0.29, 0.717) is 19.6 Å². The van der Waals surface area contributed by atoms with Crippen molar-refractivity contribution < 1.29 is 14.3 Å². The van der Waals surface area contributed by atoms with E-state index in [1.54, 1.807) is 0 Å². The minimum Gasteiger partial charge on any atom is -0.492 e. The zero-order chi connectivity index (χ0) is 20.0. The van der Waals surface area contributed by atoms with Gasteiger partial charge in [-0.3, -0.25) is 9.59 Å². The van der Waals surface area contributed by atoms with Crippen molar-refractivity contribution in [3.8, 4) is 5.75 Å². The summed E-state index contributed by atoms with van der Waals surface area (Å²) in [5.41, 5.74) is 0.548. The van der Waals surface area contributed by atoms with Crippen molar-refractivity contribution in [1.82, 2.24) is 10.6 Å². The Morgan fingerprint density at radius 1 is 1.04 bits per heavy atom. The van der Waals surface area contributed by atoms with Crippen molar-refractivity contribution in [3.05, 3.63) is 29.8 Å². The second-order valence-corrected chi connectivity index (χ2v) is 8.74. The van der Waals surface area contributed by atoms with Gasteiger partial charge < -0.3 is 15.4 Å². The Kier molecular flexibility index (Phi) is 7.82. The van der Waals surface area contributed by atoms with Crippen LogP contribution in [-0.2, 0) is 16.0 Å². The Balaban J connectivity index is 2.73. The lowest BCUT2D eigenvalue weighted by Gasteiger charge is -2.32. The third kappa shape index (κ3) is 8.48. The van der Waals surface area contributed by atoms with Gasteiger partial charge in [-0.1, -0.05) is 32.9 Å². The number of Topliss-reactive ketones (excluding diaryl/α,β-unsaturated/α-hetero) is 1. The van der Waals surface area contributed by atoms with E-state index in [0.717, 1.165) is 11.3 Å². The molecule has 1 aromatic carbocycles. The van der Waals surface area contributed by atoms with Crippen molar-refractivity contribution in [2.45, 2.75) is 66.5 Å². The molecule has 0 bridgehead atoms. The Labute approximate surface area is 157 Å². The Bertz CT molecular complexity index is 595. The molecule has 0 heterocycles. The van der Waals surface area contributed by atoms with E-state index in [1.807, 2.05) is 45.0 Å². The number of amides is 1. The van der Waals surface area contributed by atoms with Crippen molar-refractivity contribution in [2.24, 2.45) is 5.41 Å². The topological polar surface area (TPSA) is 67.4 Å². The van der Waals surface area contributed by atoms with Gasteiger partial charge in [0.05, 0.1) is 12.6 Å². The zero-order valence-electron chi connectivity index (χ0n) is 17.2. The van der Waals surface area contributed by atoms with Crippen LogP contribution in [0, 0.1) is 5.41 Å². The monoisotopic (exact) mass is 362 g/mol. The van der Waals surface area contributed by atoms with Crippen LogP contribution >= 0.6 is 0 Å². The fourth-order valence-electron chi connectivity index (χ4n) is 2.61. The molecular weight excluding hydrogens is 328 g/mol. The predicted molar refractivity (Wildman–Crippen MR) is 105 cm³/mol. The van der Waals surface area contributed by atoms with Crippen LogP contribution < -0.4 is 15.4 Å². The Morgan fingerprint density at radius 2 is 1.62 bits per heavy atom. The number of rotatable bonds is 8. The molecule has 1 aromatic rings. The van der Waals surface area contributed by atoms with E-state index in [9.17, 15) is 9.59 Å². The molecule has 1 atom stereocenters. The lowest BCUT2D eigenvalue weighted by Crippen LogP contribution is -2.51. The summed E-state index contributed by atoms with van der Waals surface area (Å²) in [4.78, 5) is 23.6. The molecule has 0 aliphatic rings. The largest absolute Gasteiger partial charge is 0.492 e. The van der Waals surface area contributed by atoms with Gasteiger partial charge in [0.1, 0.15) is 12.4 Å². The molecule has 0 aromatic heterocycles. The summed E-state index contributed by atoms with van der Waals surface area (Å²) in [5, 5.41) is 6.15. The summed E-state index contributed by atoms with van der Waals surface area (Å²) in [6, 6.07) is 7.54. The van der Waals surface area contributed by atoms with Crippen molar-refractivity contribution in [2.75, 3.05) is 13.2 Å². The maximum absolute atomic E-state index is 12.8. The lowest BCUT2D eigenvalue weighted by molar-refractivity contribution is -0.129. The van der Waals surface area contributed by atoms with Crippen LogP contribution in [0.3, 0.4) is 0 Å². The van der Waals surface area contributed by atoms with Crippen molar-refractivity contribution >= 4 is 11.7 Å². The summed E-state index contributed by atoms with van der Waals surface area (Å²) >= 11 is 0. The van der Waals surface area contributed by atoms with Crippen molar-refractivity contribution in [1.29, 1.82) is 0 Å². The second kappa shape index (κ2) is 9.17. The normalized spacial score (nSPS) is 13.2. The summed E-state index contributed by atoms with van der Waals surface area (Å²) in [6.45, 7) is 14.5. The summed E-state index contributed by atoms with van der Waals surface area (Å²) in [7, 11) is 0. The first kappa shape index (κ1) is 22.2. The smallest absolute Gasteiger partial charge is 0.216 e. The Morgan fingerprint density at radius 3 is 2.08 bits per heavy atom. The molecule has 1 amide bonds. The van der Waals surface area contributed by atoms with E-state index in [2.05, 4.69) is 31.4 Å². The molecule has 1 unspecified atom stereocenters. The number of carbonyl (C=O) groups excluding carboxylic acids is 2. The quantitative estimate of drug-likeness (QED) is 0.697. The fourth-order valence-corrected chi connectivity index (χ4v) is 2.61. The first-order valence-electron chi connectivity index (χ1n) is 9.17. The van der Waals surface area contributed by atoms with Gasteiger partial charge in [0.2, 0.25) is 5.91 Å². The Hall–Kier alpha value is -1.88. The number of hydrogen-bond acceptors (Lipinski definition) is 4. The molecule has 0 radical (unpaired) electrons. The highest BCUT2D eigenvalue weighted by Crippen LogP contribution is 2.21. The van der Waals surface area contributed by atoms with Crippen LogP contribution in [0.25, 0.3) is 0 Å². The molecule has 2 N–H and O–H groups in total. The number of carbonyl (C=O) groups is 2. The van der Waals surface area contributed by atoms with E-state index in [-0.39, 0.29) is 23.3 Å². The fraction of sp³-hybridized carbons (Fsp3) is 0.619. The molecule has 0 aliphatic carbocycles. The molecule has 0 fully saturated rings. The van der Waals surface area contributed by atoms with E-state index >= 15 is 0 Å². The van der Waals surface area contributed by atoms with E-state index < -0.39 is 5.41 Å². The maximum atomic E-state index is 12.8. The molecule has 5 nitrogen and oxygen atoms in total. The van der Waals surface area contributed by atoms with Gasteiger partial charge in [0.25, 0.3) is 0 Å². The van der Waals surface area contributed by atoms with E-state index in [4.69, 9.17) is 4.74 Å². The zero-order valence-corrected chi connectivity index (χ0v) is 17.2. The van der Waals surface area contributed by atoms with Crippen molar-refractivity contribution in [3.63, 3.8) is 0 Å². The number of ketones is 1. The molecule has 5 heteroatoms. The van der Waals surface area contributed by atoms with Gasteiger partial charge in [-0.15, -0.1) is 0 Å². The maximum Gasteiger partial charge on any atom is 0.216 e. The molecule has 0 aliphatic heterocycles. The van der Waals surface area contributed by atoms with Gasteiger partial charge in [-0.05, 0) is 44.9 Å². The predicted octanol–water partition coefficient (Wildman–Crippen LogP) is 3.12. The standard InChI is InChI=1S/C21H34N2O3/c1-15(24)22-12-13-26-17-10-8-16(9-11-17)14-18(23-21(5,6)7)19(25)20(2,3)4/h8-11,18,23H,12-14H2,1-7H3,(H,22,24). The molecule has 26 heavy (non-hydrogen) atoms.